The molecule has 0 aliphatic rings. The molecule has 2 aromatic carbocycles. The molecule has 0 aliphatic carbocycles. The summed E-state index contributed by atoms with van der Waals surface area (Å²) in [6.07, 6.45) is 1.09. The quantitative estimate of drug-likeness (QED) is 0.793. The van der Waals surface area contributed by atoms with Gasteiger partial charge in [-0.2, -0.15) is 0 Å². The van der Waals surface area contributed by atoms with Crippen molar-refractivity contribution < 1.29 is 17.9 Å². The maximum atomic E-state index is 12.1. The van der Waals surface area contributed by atoms with Crippen LogP contribution in [0, 0.1) is 6.92 Å². The lowest BCUT2D eigenvalue weighted by atomic mass is 10.1. The Balaban J connectivity index is 1.95. The number of carbonyl (C=O) groups is 1. The average molecular weight is 362 g/mol. The van der Waals surface area contributed by atoms with Gasteiger partial charge >= 0.3 is 0 Å². The summed E-state index contributed by atoms with van der Waals surface area (Å²) >= 11 is 0. The second-order valence-electron chi connectivity index (χ2n) is 5.84. The number of ether oxygens (including phenoxy) is 1. The summed E-state index contributed by atoms with van der Waals surface area (Å²) in [5, 5.41) is 2.83. The molecule has 0 aromatic heterocycles. The number of aryl methyl sites for hydroxylation is 1. The zero-order valence-electron chi connectivity index (χ0n) is 14.4. The van der Waals surface area contributed by atoms with Crippen molar-refractivity contribution in [2.24, 2.45) is 0 Å². The Bertz CT molecular complexity index is 850. The van der Waals surface area contributed by atoms with E-state index in [1.165, 1.54) is 0 Å². The number of hydrogen-bond acceptors (Lipinski definition) is 4. The average Bonchev–Trinajstić information content (AvgIpc) is 2.52. The standard InChI is InChI=1S/C18H22N2O4S/c1-13-7-4-5-10-17(13)24-12-18(21)19-14(2)15-8-6-9-16(11-15)20-25(3,22)23/h4-11,14,20H,12H2,1-3H3,(H,19,21). The van der Waals surface area contributed by atoms with Crippen LogP contribution >= 0.6 is 0 Å². The lowest BCUT2D eigenvalue weighted by Crippen LogP contribution is -2.31. The number of para-hydroxylation sites is 1. The van der Waals surface area contributed by atoms with Gasteiger partial charge < -0.3 is 10.1 Å². The minimum Gasteiger partial charge on any atom is -0.484 e. The van der Waals surface area contributed by atoms with Gasteiger partial charge in [0.05, 0.1) is 12.3 Å². The molecule has 0 saturated carbocycles. The van der Waals surface area contributed by atoms with Crippen LogP contribution in [-0.4, -0.2) is 27.2 Å². The minimum absolute atomic E-state index is 0.0868. The van der Waals surface area contributed by atoms with Crippen molar-refractivity contribution in [3.63, 3.8) is 0 Å². The summed E-state index contributed by atoms with van der Waals surface area (Å²) in [5.41, 5.74) is 2.21. The second kappa shape index (κ2) is 8.02. The zero-order valence-corrected chi connectivity index (χ0v) is 15.3. The Labute approximate surface area is 148 Å². The SMILES string of the molecule is Cc1ccccc1OCC(=O)NC(C)c1cccc(NS(C)(=O)=O)c1. The highest BCUT2D eigenvalue weighted by atomic mass is 32.2. The minimum atomic E-state index is -3.34. The highest BCUT2D eigenvalue weighted by molar-refractivity contribution is 7.92. The fraction of sp³-hybridized carbons (Fsp3) is 0.278. The summed E-state index contributed by atoms with van der Waals surface area (Å²) < 4.78 is 30.6. The molecule has 1 unspecified atom stereocenters. The smallest absolute Gasteiger partial charge is 0.258 e. The number of rotatable bonds is 7. The predicted molar refractivity (Wildman–Crippen MR) is 98.1 cm³/mol. The van der Waals surface area contributed by atoms with Crippen molar-refractivity contribution in [3.8, 4) is 5.75 Å². The van der Waals surface area contributed by atoms with Crippen LogP contribution in [0.1, 0.15) is 24.1 Å². The van der Waals surface area contributed by atoms with Gasteiger partial charge in [0.1, 0.15) is 5.75 Å². The number of anilines is 1. The summed E-state index contributed by atoms with van der Waals surface area (Å²) in [7, 11) is -3.34. The molecule has 2 aromatic rings. The molecule has 0 bridgehead atoms. The third-order valence-electron chi connectivity index (χ3n) is 3.52. The van der Waals surface area contributed by atoms with Crippen LogP contribution in [0.4, 0.5) is 5.69 Å². The van der Waals surface area contributed by atoms with Crippen molar-refractivity contribution in [3.05, 3.63) is 59.7 Å². The number of carbonyl (C=O) groups excluding carboxylic acids is 1. The van der Waals surface area contributed by atoms with Gasteiger partial charge in [-0.3, -0.25) is 9.52 Å². The number of amides is 1. The maximum absolute atomic E-state index is 12.1. The molecular weight excluding hydrogens is 340 g/mol. The van der Waals surface area contributed by atoms with Crippen LogP contribution in [0.15, 0.2) is 48.5 Å². The first-order chi connectivity index (χ1) is 11.7. The molecule has 0 spiro atoms. The van der Waals surface area contributed by atoms with Gasteiger partial charge in [0.2, 0.25) is 10.0 Å². The van der Waals surface area contributed by atoms with E-state index in [1.54, 1.807) is 18.2 Å². The van der Waals surface area contributed by atoms with Gasteiger partial charge in [-0.15, -0.1) is 0 Å². The van der Waals surface area contributed by atoms with E-state index in [4.69, 9.17) is 4.74 Å². The molecular formula is C18H22N2O4S. The van der Waals surface area contributed by atoms with Gasteiger partial charge in [-0.1, -0.05) is 30.3 Å². The van der Waals surface area contributed by atoms with E-state index >= 15 is 0 Å². The van der Waals surface area contributed by atoms with Crippen LogP contribution in [0.5, 0.6) is 5.75 Å². The Morgan fingerprint density at radius 2 is 1.88 bits per heavy atom. The molecule has 0 radical (unpaired) electrons. The third kappa shape index (κ3) is 6.11. The Morgan fingerprint density at radius 3 is 2.56 bits per heavy atom. The molecule has 134 valence electrons. The molecule has 1 amide bonds. The summed E-state index contributed by atoms with van der Waals surface area (Å²) in [4.78, 5) is 12.1. The molecule has 7 heteroatoms. The van der Waals surface area contributed by atoms with E-state index in [-0.39, 0.29) is 18.6 Å². The lowest BCUT2D eigenvalue weighted by molar-refractivity contribution is -0.123. The molecule has 0 fully saturated rings. The van der Waals surface area contributed by atoms with Gasteiger partial charge in [0.15, 0.2) is 6.61 Å². The molecule has 1 atom stereocenters. The maximum Gasteiger partial charge on any atom is 0.258 e. The highest BCUT2D eigenvalue weighted by Crippen LogP contribution is 2.19. The molecule has 2 rings (SSSR count). The first kappa shape index (κ1) is 18.8. The number of benzene rings is 2. The van der Waals surface area contributed by atoms with E-state index in [9.17, 15) is 13.2 Å². The van der Waals surface area contributed by atoms with Crippen LogP contribution in [0.2, 0.25) is 0 Å². The van der Waals surface area contributed by atoms with Gasteiger partial charge in [-0.25, -0.2) is 8.42 Å². The Hall–Kier alpha value is -2.54. The zero-order chi connectivity index (χ0) is 18.4. The molecule has 2 N–H and O–H groups in total. The van der Waals surface area contributed by atoms with Gasteiger partial charge in [-0.05, 0) is 43.2 Å². The third-order valence-corrected chi connectivity index (χ3v) is 4.13. The molecule has 6 nitrogen and oxygen atoms in total. The van der Waals surface area contributed by atoms with Crippen LogP contribution in [-0.2, 0) is 14.8 Å². The van der Waals surface area contributed by atoms with E-state index in [2.05, 4.69) is 10.0 Å². The van der Waals surface area contributed by atoms with Crippen LogP contribution in [0.3, 0.4) is 0 Å². The Morgan fingerprint density at radius 1 is 1.16 bits per heavy atom. The summed E-state index contributed by atoms with van der Waals surface area (Å²) in [6, 6.07) is 14.1. The van der Waals surface area contributed by atoms with Crippen molar-refractivity contribution in [1.82, 2.24) is 5.32 Å². The van der Waals surface area contributed by atoms with Crippen LogP contribution in [0.25, 0.3) is 0 Å². The number of hydrogen-bond donors (Lipinski definition) is 2. The van der Waals surface area contributed by atoms with E-state index in [0.717, 1.165) is 17.4 Å². The summed E-state index contributed by atoms with van der Waals surface area (Å²) in [5.74, 6) is 0.418. The molecule has 0 aliphatic heterocycles. The largest absolute Gasteiger partial charge is 0.484 e. The second-order valence-corrected chi connectivity index (χ2v) is 7.59. The first-order valence-corrected chi connectivity index (χ1v) is 9.69. The van der Waals surface area contributed by atoms with Crippen LogP contribution < -0.4 is 14.8 Å². The number of sulfonamides is 1. The Kier molecular flexibility index (Phi) is 6.03. The van der Waals surface area contributed by atoms with Crippen molar-refractivity contribution >= 4 is 21.6 Å². The van der Waals surface area contributed by atoms with Crippen molar-refractivity contribution in [2.45, 2.75) is 19.9 Å². The topological polar surface area (TPSA) is 84.5 Å². The van der Waals surface area contributed by atoms with E-state index < -0.39 is 10.0 Å². The fourth-order valence-corrected chi connectivity index (χ4v) is 2.87. The lowest BCUT2D eigenvalue weighted by Gasteiger charge is -2.16. The predicted octanol–water partition coefficient (Wildman–Crippen LogP) is 2.62. The fourth-order valence-electron chi connectivity index (χ4n) is 2.31. The highest BCUT2D eigenvalue weighted by Gasteiger charge is 2.12. The summed E-state index contributed by atoms with van der Waals surface area (Å²) in [6.45, 7) is 3.65. The van der Waals surface area contributed by atoms with Gasteiger partial charge in [0, 0.05) is 5.69 Å². The van der Waals surface area contributed by atoms with E-state index in [1.807, 2.05) is 44.2 Å². The van der Waals surface area contributed by atoms with E-state index in [0.29, 0.717) is 11.4 Å². The van der Waals surface area contributed by atoms with Crippen molar-refractivity contribution in [1.29, 1.82) is 0 Å². The molecule has 0 saturated heterocycles. The monoisotopic (exact) mass is 362 g/mol. The molecule has 0 heterocycles. The first-order valence-electron chi connectivity index (χ1n) is 7.80. The number of nitrogens with one attached hydrogen (secondary N) is 2. The van der Waals surface area contributed by atoms with Gasteiger partial charge in [0.25, 0.3) is 5.91 Å². The normalized spacial score (nSPS) is 12.3. The van der Waals surface area contributed by atoms with Crippen molar-refractivity contribution in [2.75, 3.05) is 17.6 Å². The molecule has 25 heavy (non-hydrogen) atoms.